The van der Waals surface area contributed by atoms with Crippen LogP contribution < -0.4 is 9.64 Å². The first-order valence-corrected chi connectivity index (χ1v) is 12.5. The molecule has 3 heterocycles. The lowest BCUT2D eigenvalue weighted by Gasteiger charge is -2.36. The van der Waals surface area contributed by atoms with Crippen LogP contribution >= 0.6 is 0 Å². The van der Waals surface area contributed by atoms with Crippen LogP contribution in [-0.2, 0) is 0 Å². The molecule has 1 saturated carbocycles. The molecule has 2 aromatic carbocycles. The Morgan fingerprint density at radius 2 is 1.61 bits per heavy atom. The van der Waals surface area contributed by atoms with E-state index in [0.717, 1.165) is 76.9 Å². The van der Waals surface area contributed by atoms with Gasteiger partial charge in [-0.1, -0.05) is 17.7 Å². The third-order valence-electron chi connectivity index (χ3n) is 7.12. The van der Waals surface area contributed by atoms with Crippen molar-refractivity contribution in [3.63, 3.8) is 0 Å². The first-order valence-electron chi connectivity index (χ1n) is 12.5. The summed E-state index contributed by atoms with van der Waals surface area (Å²) >= 11 is 0. The number of piperazine rings is 1. The molecule has 1 saturated heterocycles. The summed E-state index contributed by atoms with van der Waals surface area (Å²) in [6.07, 6.45) is 2.25. The molecule has 2 aliphatic rings. The highest BCUT2D eigenvalue weighted by Gasteiger charge is 2.31. The van der Waals surface area contributed by atoms with E-state index >= 15 is 0 Å². The molecule has 0 atom stereocenters. The summed E-state index contributed by atoms with van der Waals surface area (Å²) in [6.45, 7) is 6.81. The number of hydrogen-bond donors (Lipinski definition) is 0. The second kappa shape index (κ2) is 8.93. The molecule has 8 heteroatoms. The van der Waals surface area contributed by atoms with Crippen LogP contribution in [0, 0.1) is 13.8 Å². The summed E-state index contributed by atoms with van der Waals surface area (Å²) in [5.41, 5.74) is 4.57. The highest BCUT2D eigenvalue weighted by atomic mass is 16.5. The number of ether oxygens (including phenoxy) is 1. The number of anilines is 1. The van der Waals surface area contributed by atoms with Crippen molar-refractivity contribution in [3.8, 4) is 11.4 Å². The second-order valence-electron chi connectivity index (χ2n) is 9.72. The average Bonchev–Trinajstić information content (AvgIpc) is 3.72. The van der Waals surface area contributed by atoms with Crippen molar-refractivity contribution in [2.45, 2.75) is 32.6 Å². The van der Waals surface area contributed by atoms with Crippen LogP contribution in [0.2, 0.25) is 0 Å². The number of aryl methyl sites for hydroxylation is 2. The predicted octanol–water partition coefficient (Wildman–Crippen LogP) is 4.28. The lowest BCUT2D eigenvalue weighted by atomic mass is 10.1. The van der Waals surface area contributed by atoms with Gasteiger partial charge < -0.3 is 14.5 Å². The first kappa shape index (κ1) is 22.5. The van der Waals surface area contributed by atoms with E-state index in [1.54, 1.807) is 7.11 Å². The number of hydrogen-bond acceptors (Lipinski definition) is 6. The molecule has 1 amide bonds. The fourth-order valence-electron chi connectivity index (χ4n) is 4.83. The zero-order valence-corrected chi connectivity index (χ0v) is 20.9. The summed E-state index contributed by atoms with van der Waals surface area (Å²) in [7, 11) is 1.66. The molecule has 0 spiro atoms. The quantitative estimate of drug-likeness (QED) is 0.423. The predicted molar refractivity (Wildman–Crippen MR) is 139 cm³/mol. The number of nitrogens with zero attached hydrogens (tertiary/aromatic N) is 6. The highest BCUT2D eigenvalue weighted by molar-refractivity contribution is 5.95. The summed E-state index contributed by atoms with van der Waals surface area (Å²) in [5.74, 6) is 3.13. The van der Waals surface area contributed by atoms with Gasteiger partial charge in [0.25, 0.3) is 5.91 Å². The van der Waals surface area contributed by atoms with Gasteiger partial charge in [0.05, 0.1) is 23.9 Å². The maximum Gasteiger partial charge on any atom is 0.253 e. The topological polar surface area (TPSA) is 76.4 Å². The van der Waals surface area contributed by atoms with Gasteiger partial charge in [-0.05, 0) is 63.1 Å². The Morgan fingerprint density at radius 3 is 2.25 bits per heavy atom. The maximum absolute atomic E-state index is 13.0. The van der Waals surface area contributed by atoms with Crippen LogP contribution in [0.25, 0.3) is 16.7 Å². The van der Waals surface area contributed by atoms with Crippen molar-refractivity contribution >= 4 is 22.8 Å². The highest BCUT2D eigenvalue weighted by Crippen LogP contribution is 2.40. The van der Waals surface area contributed by atoms with Crippen molar-refractivity contribution in [1.29, 1.82) is 0 Å². The Hall–Kier alpha value is -3.94. The van der Waals surface area contributed by atoms with Gasteiger partial charge in [0.1, 0.15) is 17.4 Å². The number of methoxy groups -OCH3 is 1. The molecule has 0 unspecified atom stereocenters. The Labute approximate surface area is 210 Å². The molecule has 36 heavy (non-hydrogen) atoms. The number of carbonyl (C=O) groups is 1. The van der Waals surface area contributed by atoms with Gasteiger partial charge in [0.15, 0.2) is 5.65 Å². The number of benzene rings is 2. The SMILES string of the molecule is COc1ccc(-n2nc(C)c3c(N4CCN(C(=O)c5ccc(C)cc5)CC4)nc(C4CC4)nc32)cc1. The largest absolute Gasteiger partial charge is 0.497 e. The van der Waals surface area contributed by atoms with E-state index in [4.69, 9.17) is 19.8 Å². The molecule has 184 valence electrons. The zero-order valence-electron chi connectivity index (χ0n) is 20.9. The van der Waals surface area contributed by atoms with Gasteiger partial charge in [-0.2, -0.15) is 5.10 Å². The van der Waals surface area contributed by atoms with Gasteiger partial charge in [0.2, 0.25) is 0 Å². The minimum absolute atomic E-state index is 0.0876. The van der Waals surface area contributed by atoms with Gasteiger partial charge >= 0.3 is 0 Å². The van der Waals surface area contributed by atoms with Crippen LogP contribution in [0.3, 0.4) is 0 Å². The van der Waals surface area contributed by atoms with E-state index < -0.39 is 0 Å². The molecule has 2 aromatic heterocycles. The molecule has 4 aromatic rings. The van der Waals surface area contributed by atoms with Crippen molar-refractivity contribution in [2.75, 3.05) is 38.2 Å². The van der Waals surface area contributed by atoms with E-state index in [1.165, 1.54) is 0 Å². The molecular weight excluding hydrogens is 452 g/mol. The van der Waals surface area contributed by atoms with Crippen molar-refractivity contribution in [1.82, 2.24) is 24.6 Å². The molecule has 2 fully saturated rings. The number of aromatic nitrogens is 4. The van der Waals surface area contributed by atoms with E-state index in [-0.39, 0.29) is 5.91 Å². The Balaban J connectivity index is 1.32. The van der Waals surface area contributed by atoms with E-state index in [2.05, 4.69) is 4.90 Å². The monoisotopic (exact) mass is 482 g/mol. The third-order valence-corrected chi connectivity index (χ3v) is 7.12. The van der Waals surface area contributed by atoms with Crippen LogP contribution in [0.1, 0.15) is 46.2 Å². The lowest BCUT2D eigenvalue weighted by Crippen LogP contribution is -2.49. The molecule has 6 rings (SSSR count). The zero-order chi connectivity index (χ0) is 24.8. The number of rotatable bonds is 5. The number of amides is 1. The molecule has 1 aliphatic carbocycles. The third kappa shape index (κ3) is 4.06. The Kier molecular flexibility index (Phi) is 5.59. The summed E-state index contributed by atoms with van der Waals surface area (Å²) < 4.78 is 7.24. The lowest BCUT2D eigenvalue weighted by molar-refractivity contribution is 0.0746. The molecule has 1 aliphatic heterocycles. The summed E-state index contributed by atoms with van der Waals surface area (Å²) in [5, 5.41) is 5.84. The van der Waals surface area contributed by atoms with Gasteiger partial charge in [-0.25, -0.2) is 14.6 Å². The van der Waals surface area contributed by atoms with Gasteiger partial charge in [-0.3, -0.25) is 4.79 Å². The van der Waals surface area contributed by atoms with Crippen molar-refractivity contribution in [2.24, 2.45) is 0 Å². The van der Waals surface area contributed by atoms with Gasteiger partial charge in [-0.15, -0.1) is 0 Å². The molecule has 8 nitrogen and oxygen atoms in total. The number of fused-ring (bicyclic) bond motifs is 1. The van der Waals surface area contributed by atoms with E-state index in [9.17, 15) is 4.79 Å². The maximum atomic E-state index is 13.0. The van der Waals surface area contributed by atoms with Crippen LogP contribution in [-0.4, -0.2) is 63.8 Å². The Morgan fingerprint density at radius 1 is 0.917 bits per heavy atom. The summed E-state index contributed by atoms with van der Waals surface area (Å²) in [4.78, 5) is 27.3. The van der Waals surface area contributed by atoms with Crippen molar-refractivity contribution < 1.29 is 9.53 Å². The first-order chi connectivity index (χ1) is 17.5. The van der Waals surface area contributed by atoms with Crippen LogP contribution in [0.15, 0.2) is 48.5 Å². The minimum Gasteiger partial charge on any atom is -0.497 e. The Bertz CT molecular complexity index is 1420. The molecule has 0 bridgehead atoms. The molecular formula is C28H30N6O2. The van der Waals surface area contributed by atoms with Crippen LogP contribution in [0.5, 0.6) is 5.75 Å². The minimum atomic E-state index is 0.0876. The second-order valence-corrected chi connectivity index (χ2v) is 9.72. The van der Waals surface area contributed by atoms with Crippen LogP contribution in [0.4, 0.5) is 5.82 Å². The van der Waals surface area contributed by atoms with E-state index in [1.807, 2.05) is 72.0 Å². The fraction of sp³-hybridized carbons (Fsp3) is 0.357. The smallest absolute Gasteiger partial charge is 0.253 e. The molecule has 0 radical (unpaired) electrons. The fourth-order valence-corrected chi connectivity index (χ4v) is 4.83. The number of carbonyl (C=O) groups excluding carboxylic acids is 1. The average molecular weight is 483 g/mol. The van der Waals surface area contributed by atoms with Gasteiger partial charge in [0, 0.05) is 37.7 Å². The van der Waals surface area contributed by atoms with E-state index in [0.29, 0.717) is 19.0 Å². The molecule has 0 N–H and O–H groups in total. The van der Waals surface area contributed by atoms with Crippen molar-refractivity contribution in [3.05, 3.63) is 71.2 Å². The standard InChI is InChI=1S/C28H30N6O2/c1-18-4-6-21(7-5-18)28(35)33-16-14-32(15-17-33)26-24-19(2)31-34(22-10-12-23(36-3)13-11-22)27(24)30-25(29-26)20-8-9-20/h4-7,10-13,20H,8-9,14-17H2,1-3H3. The summed E-state index contributed by atoms with van der Waals surface area (Å²) in [6, 6.07) is 15.7. The normalized spacial score (nSPS) is 16.0.